The number of nitrogens with zero attached hydrogens (tertiary/aromatic N) is 6. The van der Waals surface area contributed by atoms with E-state index in [0.29, 0.717) is 30.9 Å². The minimum Gasteiger partial charge on any atom is -0.335 e. The zero-order chi connectivity index (χ0) is 24.4. The summed E-state index contributed by atoms with van der Waals surface area (Å²) in [5.74, 6) is 0.768. The van der Waals surface area contributed by atoms with Crippen LogP contribution in [0.2, 0.25) is 0 Å². The van der Waals surface area contributed by atoms with Crippen molar-refractivity contribution in [3.63, 3.8) is 0 Å². The average Bonchev–Trinajstić information content (AvgIpc) is 3.52. The van der Waals surface area contributed by atoms with Crippen molar-refractivity contribution in [3.05, 3.63) is 71.8 Å². The largest absolute Gasteiger partial charge is 0.335 e. The Hall–Kier alpha value is -3.23. The van der Waals surface area contributed by atoms with Gasteiger partial charge in [-0.1, -0.05) is 24.3 Å². The molecule has 4 heterocycles. The number of imidazole rings is 1. The normalized spacial score (nSPS) is 19.1. The lowest BCUT2D eigenvalue weighted by molar-refractivity contribution is 0.0626. The maximum Gasteiger partial charge on any atom is 0.274 e. The maximum atomic E-state index is 13.6. The second kappa shape index (κ2) is 10.2. The van der Waals surface area contributed by atoms with E-state index in [2.05, 4.69) is 23.9 Å². The highest BCUT2D eigenvalue weighted by Gasteiger charge is 2.35. The molecule has 184 valence electrons. The number of benzene rings is 1. The summed E-state index contributed by atoms with van der Waals surface area (Å²) >= 11 is 0. The maximum absolute atomic E-state index is 13.6. The van der Waals surface area contributed by atoms with E-state index < -0.39 is 0 Å². The van der Waals surface area contributed by atoms with Crippen LogP contribution in [-0.2, 0) is 0 Å². The number of hydrogen-bond acceptors (Lipinski definition) is 5. The molecule has 2 aliphatic heterocycles. The Kier molecular flexibility index (Phi) is 6.83. The summed E-state index contributed by atoms with van der Waals surface area (Å²) < 4.78 is 2.00. The zero-order valence-corrected chi connectivity index (χ0v) is 20.6. The summed E-state index contributed by atoms with van der Waals surface area (Å²) in [6.45, 7) is 5.88. The third kappa shape index (κ3) is 4.81. The van der Waals surface area contributed by atoms with Crippen LogP contribution in [0.1, 0.15) is 45.6 Å². The lowest BCUT2D eigenvalue weighted by atomic mass is 10.1. The van der Waals surface area contributed by atoms with Gasteiger partial charge in [-0.2, -0.15) is 0 Å². The predicted molar refractivity (Wildman–Crippen MR) is 136 cm³/mol. The minimum absolute atomic E-state index is 0.0162. The number of hydrogen-bond donors (Lipinski definition) is 0. The number of amides is 2. The molecule has 2 aromatic heterocycles. The van der Waals surface area contributed by atoms with Crippen molar-refractivity contribution in [2.45, 2.75) is 18.9 Å². The molecule has 2 aliphatic rings. The molecule has 1 atom stereocenters. The van der Waals surface area contributed by atoms with Gasteiger partial charge in [0.2, 0.25) is 0 Å². The fraction of sp³-hybridized carbons (Fsp3) is 0.444. The number of carbonyl (C=O) groups is 2. The molecule has 0 aliphatic carbocycles. The van der Waals surface area contributed by atoms with E-state index in [1.807, 2.05) is 68.9 Å². The SMILES string of the molecule is CN(C)CCN1CCN(C(=O)c2nc([C@H]3CCCN3C(=O)c3ccccc3)n3ccccc23)CC1. The third-order valence-corrected chi connectivity index (χ3v) is 7.13. The highest BCUT2D eigenvalue weighted by atomic mass is 16.2. The van der Waals surface area contributed by atoms with Crippen LogP contribution in [-0.4, -0.2) is 101 Å². The second-order valence-electron chi connectivity index (χ2n) is 9.73. The molecule has 8 heteroatoms. The van der Waals surface area contributed by atoms with Gasteiger partial charge in [0.25, 0.3) is 11.8 Å². The van der Waals surface area contributed by atoms with Gasteiger partial charge in [-0.15, -0.1) is 0 Å². The highest BCUT2D eigenvalue weighted by Crippen LogP contribution is 2.34. The van der Waals surface area contributed by atoms with Crippen molar-refractivity contribution in [1.82, 2.24) is 29.0 Å². The van der Waals surface area contributed by atoms with E-state index in [9.17, 15) is 9.59 Å². The Morgan fingerprint density at radius 3 is 2.43 bits per heavy atom. The van der Waals surface area contributed by atoms with Crippen LogP contribution in [0.25, 0.3) is 5.52 Å². The third-order valence-electron chi connectivity index (χ3n) is 7.13. The van der Waals surface area contributed by atoms with Crippen LogP contribution < -0.4 is 0 Å². The summed E-state index contributed by atoms with van der Waals surface area (Å²) in [5, 5.41) is 0. The summed E-state index contributed by atoms with van der Waals surface area (Å²) in [4.78, 5) is 40.2. The molecular weight excluding hydrogens is 440 g/mol. The first-order valence-corrected chi connectivity index (χ1v) is 12.5. The van der Waals surface area contributed by atoms with Gasteiger partial charge in [0.15, 0.2) is 5.69 Å². The van der Waals surface area contributed by atoms with E-state index in [4.69, 9.17) is 4.98 Å². The molecule has 0 radical (unpaired) electrons. The lowest BCUT2D eigenvalue weighted by Gasteiger charge is -2.34. The van der Waals surface area contributed by atoms with Crippen LogP contribution in [0.4, 0.5) is 0 Å². The smallest absolute Gasteiger partial charge is 0.274 e. The van der Waals surface area contributed by atoms with Crippen molar-refractivity contribution in [3.8, 4) is 0 Å². The zero-order valence-electron chi connectivity index (χ0n) is 20.6. The molecule has 0 N–H and O–H groups in total. The molecule has 0 saturated carbocycles. The second-order valence-corrected chi connectivity index (χ2v) is 9.73. The lowest BCUT2D eigenvalue weighted by Crippen LogP contribution is -2.50. The van der Waals surface area contributed by atoms with Gasteiger partial charge in [-0.3, -0.25) is 14.5 Å². The quantitative estimate of drug-likeness (QED) is 0.550. The topological polar surface area (TPSA) is 64.4 Å². The van der Waals surface area contributed by atoms with E-state index in [-0.39, 0.29) is 17.9 Å². The fourth-order valence-electron chi connectivity index (χ4n) is 5.14. The number of pyridine rings is 1. The van der Waals surface area contributed by atoms with Crippen molar-refractivity contribution in [2.24, 2.45) is 0 Å². The van der Waals surface area contributed by atoms with Gasteiger partial charge >= 0.3 is 0 Å². The van der Waals surface area contributed by atoms with Gasteiger partial charge in [0.1, 0.15) is 5.82 Å². The number of likely N-dealkylation sites (tertiary alicyclic amines) is 1. The monoisotopic (exact) mass is 474 g/mol. The van der Waals surface area contributed by atoms with Gasteiger partial charge in [0.05, 0.1) is 11.6 Å². The Bertz CT molecular complexity index is 1180. The number of likely N-dealkylation sites (N-methyl/N-ethyl adjacent to an activating group) is 1. The molecule has 8 nitrogen and oxygen atoms in total. The Labute approximate surface area is 206 Å². The average molecular weight is 475 g/mol. The van der Waals surface area contributed by atoms with Crippen molar-refractivity contribution in [1.29, 1.82) is 0 Å². The van der Waals surface area contributed by atoms with Crippen molar-refractivity contribution >= 4 is 17.3 Å². The first kappa shape index (κ1) is 23.5. The van der Waals surface area contributed by atoms with Crippen molar-refractivity contribution < 1.29 is 9.59 Å². The highest BCUT2D eigenvalue weighted by molar-refractivity contribution is 5.99. The summed E-state index contributed by atoms with van der Waals surface area (Å²) in [6.07, 6.45) is 3.71. The van der Waals surface area contributed by atoms with Gasteiger partial charge in [0, 0.05) is 57.6 Å². The van der Waals surface area contributed by atoms with Crippen LogP contribution in [0.15, 0.2) is 54.7 Å². The van der Waals surface area contributed by atoms with Crippen LogP contribution in [0.3, 0.4) is 0 Å². The molecule has 2 amide bonds. The first-order chi connectivity index (χ1) is 17.0. The number of fused-ring (bicyclic) bond motifs is 1. The van der Waals surface area contributed by atoms with Crippen LogP contribution in [0.5, 0.6) is 0 Å². The van der Waals surface area contributed by atoms with E-state index in [1.54, 1.807) is 0 Å². The van der Waals surface area contributed by atoms with Gasteiger partial charge in [-0.25, -0.2) is 4.98 Å². The molecule has 35 heavy (non-hydrogen) atoms. The summed E-state index contributed by atoms with van der Waals surface area (Å²) in [6, 6.07) is 15.1. The number of rotatable bonds is 6. The molecule has 3 aromatic rings. The molecule has 1 aromatic carbocycles. The Balaban J connectivity index is 1.38. The van der Waals surface area contributed by atoms with E-state index in [0.717, 1.165) is 50.4 Å². The van der Waals surface area contributed by atoms with Crippen LogP contribution >= 0.6 is 0 Å². The van der Waals surface area contributed by atoms with E-state index in [1.165, 1.54) is 0 Å². The van der Waals surface area contributed by atoms with Gasteiger partial charge in [-0.05, 0) is 51.2 Å². The molecule has 2 fully saturated rings. The number of piperazine rings is 1. The Morgan fingerprint density at radius 2 is 1.69 bits per heavy atom. The number of carbonyl (C=O) groups excluding carboxylic acids is 2. The molecular formula is C27H34N6O2. The van der Waals surface area contributed by atoms with E-state index >= 15 is 0 Å². The molecule has 2 saturated heterocycles. The minimum atomic E-state index is -0.151. The first-order valence-electron chi connectivity index (χ1n) is 12.5. The fourth-order valence-corrected chi connectivity index (χ4v) is 5.14. The molecule has 5 rings (SSSR count). The standard InChI is InChI=1S/C27H34N6O2/c1-29(2)15-16-30-17-19-31(20-18-30)27(35)24-22-11-6-7-13-32(22)25(28-24)23-12-8-14-33(23)26(34)21-9-4-3-5-10-21/h3-7,9-11,13,23H,8,12,14-20H2,1-2H3/t23-/m1/s1. The molecule has 0 bridgehead atoms. The van der Waals surface area contributed by atoms with Gasteiger partial charge < -0.3 is 19.1 Å². The summed E-state index contributed by atoms with van der Waals surface area (Å²) in [5.41, 5.74) is 1.98. The Morgan fingerprint density at radius 1 is 0.943 bits per heavy atom. The number of aromatic nitrogens is 2. The van der Waals surface area contributed by atoms with Crippen molar-refractivity contribution in [2.75, 3.05) is 59.9 Å². The molecule has 0 unspecified atom stereocenters. The summed E-state index contributed by atoms with van der Waals surface area (Å²) in [7, 11) is 4.17. The molecule has 0 spiro atoms. The van der Waals surface area contributed by atoms with Crippen LogP contribution in [0, 0.1) is 0 Å². The predicted octanol–water partition coefficient (Wildman–Crippen LogP) is 2.63.